The number of nitrogens with one attached hydrogen (secondary N) is 1. The van der Waals surface area contributed by atoms with E-state index in [4.69, 9.17) is 10.5 Å². The summed E-state index contributed by atoms with van der Waals surface area (Å²) in [5.41, 5.74) is 2.12. The average molecular weight is 260 g/mol. The van der Waals surface area contributed by atoms with Crippen LogP contribution >= 0.6 is 0 Å². The number of aryl methyl sites for hydroxylation is 1. The van der Waals surface area contributed by atoms with Crippen molar-refractivity contribution in [3.63, 3.8) is 0 Å². The molecule has 2 aromatic rings. The first kappa shape index (κ1) is 13.3. The van der Waals surface area contributed by atoms with Gasteiger partial charge in [-0.15, -0.1) is 0 Å². The number of nitriles is 2. The van der Waals surface area contributed by atoms with Crippen LogP contribution in [0.5, 0.6) is 0 Å². The monoisotopic (exact) mass is 260 g/mol. The largest absolute Gasteiger partial charge is 0.338 e. The van der Waals surface area contributed by atoms with Crippen molar-refractivity contribution in [2.45, 2.75) is 6.92 Å². The van der Waals surface area contributed by atoms with Crippen LogP contribution < -0.4 is 5.32 Å². The Balaban J connectivity index is 2.48. The molecule has 4 heteroatoms. The number of anilines is 1. The molecule has 0 aliphatic rings. The third kappa shape index (κ3) is 3.01. The van der Waals surface area contributed by atoms with Gasteiger partial charge in [0, 0.05) is 11.3 Å². The third-order valence-corrected chi connectivity index (χ3v) is 2.68. The van der Waals surface area contributed by atoms with Crippen molar-refractivity contribution in [2.75, 3.05) is 5.32 Å². The van der Waals surface area contributed by atoms with E-state index in [9.17, 15) is 0 Å². The molecule has 0 radical (unpaired) electrons. The van der Waals surface area contributed by atoms with E-state index < -0.39 is 0 Å². The van der Waals surface area contributed by atoms with Gasteiger partial charge in [0.15, 0.2) is 5.57 Å². The summed E-state index contributed by atoms with van der Waals surface area (Å²) in [6.45, 7) is 1.88. The zero-order chi connectivity index (χ0) is 14.4. The SMILES string of the molecule is Cc1cccc(NC(=C(C#N)C#N)c2ccccc2)n1. The van der Waals surface area contributed by atoms with Gasteiger partial charge in [-0.05, 0) is 19.1 Å². The van der Waals surface area contributed by atoms with Crippen LogP contribution in [0.25, 0.3) is 5.70 Å². The molecular formula is C16H12N4. The van der Waals surface area contributed by atoms with E-state index in [1.165, 1.54) is 0 Å². The summed E-state index contributed by atoms with van der Waals surface area (Å²) in [7, 11) is 0. The molecule has 1 N–H and O–H groups in total. The highest BCUT2D eigenvalue weighted by Crippen LogP contribution is 2.20. The van der Waals surface area contributed by atoms with E-state index in [0.29, 0.717) is 11.5 Å². The molecule has 96 valence electrons. The molecule has 0 fully saturated rings. The van der Waals surface area contributed by atoms with Gasteiger partial charge in [-0.1, -0.05) is 36.4 Å². The Morgan fingerprint density at radius 2 is 1.70 bits per heavy atom. The minimum atomic E-state index is 0.0273. The highest BCUT2D eigenvalue weighted by atomic mass is 15.0. The van der Waals surface area contributed by atoms with Gasteiger partial charge in [-0.2, -0.15) is 10.5 Å². The summed E-state index contributed by atoms with van der Waals surface area (Å²) in [5.74, 6) is 0.604. The zero-order valence-electron chi connectivity index (χ0n) is 11.0. The van der Waals surface area contributed by atoms with E-state index in [2.05, 4.69) is 10.3 Å². The van der Waals surface area contributed by atoms with Crippen molar-refractivity contribution in [1.29, 1.82) is 10.5 Å². The maximum atomic E-state index is 9.10. The second-order valence-electron chi connectivity index (χ2n) is 4.13. The summed E-state index contributed by atoms with van der Waals surface area (Å²) in [4.78, 5) is 4.33. The molecule has 0 saturated heterocycles. The van der Waals surface area contributed by atoms with Gasteiger partial charge in [0.05, 0.1) is 5.70 Å². The van der Waals surface area contributed by atoms with Crippen LogP contribution in [-0.2, 0) is 0 Å². The van der Waals surface area contributed by atoms with E-state index in [-0.39, 0.29) is 5.57 Å². The number of nitrogens with zero attached hydrogens (tertiary/aromatic N) is 3. The van der Waals surface area contributed by atoms with E-state index in [1.54, 1.807) is 6.07 Å². The molecule has 0 atom stereocenters. The standard InChI is InChI=1S/C16H12N4/c1-12-6-5-9-15(19-12)20-16(14(10-17)11-18)13-7-3-2-4-8-13/h2-9H,1H3,(H,19,20). The van der Waals surface area contributed by atoms with E-state index in [0.717, 1.165) is 11.3 Å². The molecule has 2 rings (SSSR count). The van der Waals surface area contributed by atoms with Crippen molar-refractivity contribution in [3.8, 4) is 12.1 Å². The van der Waals surface area contributed by atoms with Crippen molar-refractivity contribution >= 4 is 11.5 Å². The van der Waals surface area contributed by atoms with Crippen LogP contribution in [0.4, 0.5) is 5.82 Å². The molecule has 1 aromatic carbocycles. The summed E-state index contributed by atoms with van der Waals surface area (Å²) in [6, 6.07) is 18.6. The Kier molecular flexibility index (Phi) is 4.11. The Morgan fingerprint density at radius 1 is 1.00 bits per heavy atom. The van der Waals surface area contributed by atoms with Crippen LogP contribution in [0.1, 0.15) is 11.3 Å². The maximum absolute atomic E-state index is 9.10. The number of hydrogen-bond donors (Lipinski definition) is 1. The highest BCUT2D eigenvalue weighted by molar-refractivity contribution is 5.82. The molecular weight excluding hydrogens is 248 g/mol. The maximum Gasteiger partial charge on any atom is 0.153 e. The highest BCUT2D eigenvalue weighted by Gasteiger charge is 2.10. The van der Waals surface area contributed by atoms with Crippen molar-refractivity contribution in [3.05, 3.63) is 65.4 Å². The fourth-order valence-electron chi connectivity index (χ4n) is 1.76. The number of allylic oxidation sites excluding steroid dienone is 1. The Hall–Kier alpha value is -3.11. The molecule has 0 unspecified atom stereocenters. The Morgan fingerprint density at radius 3 is 2.30 bits per heavy atom. The van der Waals surface area contributed by atoms with Gasteiger partial charge >= 0.3 is 0 Å². The fourth-order valence-corrected chi connectivity index (χ4v) is 1.76. The van der Waals surface area contributed by atoms with Crippen LogP contribution in [0.15, 0.2) is 54.1 Å². The Bertz CT molecular complexity index is 702. The van der Waals surface area contributed by atoms with Gasteiger partial charge in [0.25, 0.3) is 0 Å². The first-order chi connectivity index (χ1) is 9.74. The summed E-state index contributed by atoms with van der Waals surface area (Å²) in [5, 5.41) is 21.3. The first-order valence-corrected chi connectivity index (χ1v) is 6.05. The molecule has 20 heavy (non-hydrogen) atoms. The van der Waals surface area contributed by atoms with E-state index >= 15 is 0 Å². The van der Waals surface area contributed by atoms with Crippen LogP contribution in [0, 0.1) is 29.6 Å². The molecule has 4 nitrogen and oxygen atoms in total. The predicted molar refractivity (Wildman–Crippen MR) is 77.2 cm³/mol. The average Bonchev–Trinajstić information content (AvgIpc) is 2.48. The van der Waals surface area contributed by atoms with Crippen molar-refractivity contribution < 1.29 is 0 Å². The number of hydrogen-bond acceptors (Lipinski definition) is 4. The zero-order valence-corrected chi connectivity index (χ0v) is 11.0. The molecule has 1 aromatic heterocycles. The lowest BCUT2D eigenvalue weighted by atomic mass is 10.1. The number of rotatable bonds is 3. The van der Waals surface area contributed by atoms with Gasteiger partial charge in [0.2, 0.25) is 0 Å². The van der Waals surface area contributed by atoms with Gasteiger partial charge in [0.1, 0.15) is 18.0 Å². The summed E-state index contributed by atoms with van der Waals surface area (Å²) < 4.78 is 0. The smallest absolute Gasteiger partial charge is 0.153 e. The summed E-state index contributed by atoms with van der Waals surface area (Å²) >= 11 is 0. The second-order valence-corrected chi connectivity index (χ2v) is 4.13. The van der Waals surface area contributed by atoms with E-state index in [1.807, 2.05) is 61.5 Å². The molecule has 0 bridgehead atoms. The molecule has 0 saturated carbocycles. The number of benzene rings is 1. The topological polar surface area (TPSA) is 72.5 Å². The molecule has 1 heterocycles. The quantitative estimate of drug-likeness (QED) is 0.860. The van der Waals surface area contributed by atoms with Crippen molar-refractivity contribution in [2.24, 2.45) is 0 Å². The second kappa shape index (κ2) is 6.17. The lowest BCUT2D eigenvalue weighted by molar-refractivity contribution is 1.20. The third-order valence-electron chi connectivity index (χ3n) is 2.68. The summed E-state index contributed by atoms with van der Waals surface area (Å²) in [6.07, 6.45) is 0. The van der Waals surface area contributed by atoms with Gasteiger partial charge < -0.3 is 5.32 Å². The minimum Gasteiger partial charge on any atom is -0.338 e. The molecule has 0 aliphatic heterocycles. The predicted octanol–water partition coefficient (Wildman–Crippen LogP) is 3.26. The van der Waals surface area contributed by atoms with Crippen LogP contribution in [-0.4, -0.2) is 4.98 Å². The molecule has 0 amide bonds. The van der Waals surface area contributed by atoms with Gasteiger partial charge in [-0.25, -0.2) is 4.98 Å². The first-order valence-electron chi connectivity index (χ1n) is 6.05. The molecule has 0 aliphatic carbocycles. The van der Waals surface area contributed by atoms with Gasteiger partial charge in [-0.3, -0.25) is 0 Å². The lowest BCUT2D eigenvalue weighted by Gasteiger charge is -2.11. The normalized spacial score (nSPS) is 9.15. The number of aromatic nitrogens is 1. The lowest BCUT2D eigenvalue weighted by Crippen LogP contribution is -2.04. The van der Waals surface area contributed by atoms with Crippen LogP contribution in [0.3, 0.4) is 0 Å². The van der Waals surface area contributed by atoms with Crippen LogP contribution in [0.2, 0.25) is 0 Å². The van der Waals surface area contributed by atoms with Crippen molar-refractivity contribution in [1.82, 2.24) is 4.98 Å². The minimum absolute atomic E-state index is 0.0273. The Labute approximate surface area is 117 Å². The fraction of sp³-hybridized carbons (Fsp3) is 0.0625. The molecule has 0 spiro atoms. The number of pyridine rings is 1.